The normalized spacial score (nSPS) is 12.8. The molecule has 0 bridgehead atoms. The number of hydrogen-bond donors (Lipinski definition) is 1. The van der Waals surface area contributed by atoms with Crippen molar-refractivity contribution in [3.05, 3.63) is 46.0 Å². The van der Waals surface area contributed by atoms with Crippen LogP contribution in [0.3, 0.4) is 0 Å². The lowest BCUT2D eigenvalue weighted by molar-refractivity contribution is 0.529. The van der Waals surface area contributed by atoms with E-state index >= 15 is 0 Å². The van der Waals surface area contributed by atoms with Crippen LogP contribution in [-0.4, -0.2) is 16.1 Å². The van der Waals surface area contributed by atoms with Crippen LogP contribution >= 0.6 is 11.5 Å². The van der Waals surface area contributed by atoms with E-state index in [2.05, 4.69) is 66.9 Å². The van der Waals surface area contributed by atoms with Gasteiger partial charge in [-0.15, -0.1) is 5.10 Å². The summed E-state index contributed by atoms with van der Waals surface area (Å²) in [4.78, 5) is 1.29. The van der Waals surface area contributed by atoms with Crippen LogP contribution in [0.2, 0.25) is 0 Å². The number of rotatable bonds is 7. The molecule has 0 saturated heterocycles. The minimum atomic E-state index is 0.309. The lowest BCUT2D eigenvalue weighted by atomic mass is 9.99. The smallest absolute Gasteiger partial charge is 0.0829 e. The van der Waals surface area contributed by atoms with Gasteiger partial charge in [0.05, 0.1) is 10.6 Å². The molecule has 2 aromatic rings. The highest BCUT2D eigenvalue weighted by atomic mass is 32.1. The van der Waals surface area contributed by atoms with E-state index in [1.165, 1.54) is 27.5 Å². The monoisotopic (exact) mass is 303 g/mol. The molecule has 0 spiro atoms. The molecule has 0 saturated carbocycles. The third-order valence-electron chi connectivity index (χ3n) is 3.57. The molecule has 4 heteroatoms. The van der Waals surface area contributed by atoms with Gasteiger partial charge in [0.1, 0.15) is 0 Å². The second kappa shape index (κ2) is 7.66. The summed E-state index contributed by atoms with van der Waals surface area (Å²) >= 11 is 1.54. The summed E-state index contributed by atoms with van der Waals surface area (Å²) < 4.78 is 4.18. The van der Waals surface area contributed by atoms with Crippen LogP contribution in [0.4, 0.5) is 0 Å². The van der Waals surface area contributed by atoms with Crippen LogP contribution in [0.1, 0.15) is 60.8 Å². The zero-order chi connectivity index (χ0) is 15.2. The van der Waals surface area contributed by atoms with Crippen LogP contribution in [-0.2, 0) is 6.42 Å². The van der Waals surface area contributed by atoms with Gasteiger partial charge in [-0.25, -0.2) is 0 Å². The highest BCUT2D eigenvalue weighted by molar-refractivity contribution is 7.05. The van der Waals surface area contributed by atoms with E-state index in [9.17, 15) is 0 Å². The summed E-state index contributed by atoms with van der Waals surface area (Å²) in [6.07, 6.45) is 2.12. The average Bonchev–Trinajstić information content (AvgIpc) is 2.93. The Balaban J connectivity index is 2.23. The van der Waals surface area contributed by atoms with Crippen LogP contribution in [0.15, 0.2) is 24.3 Å². The van der Waals surface area contributed by atoms with Gasteiger partial charge in [0.2, 0.25) is 0 Å². The molecule has 1 N–H and O–H groups in total. The standard InChI is InChI=1S/C17H25N3S/c1-5-9-18-15(11-14-8-6-7-13(4)10-14)17-16(12(2)3)19-20-21-17/h6-8,10,12,15,18H,5,9,11H2,1-4H3. The second-order valence-electron chi connectivity index (χ2n) is 5.88. The SMILES string of the molecule is CCCNC(Cc1cccc(C)c1)c1snnc1C(C)C. The quantitative estimate of drug-likeness (QED) is 0.831. The molecule has 1 atom stereocenters. The largest absolute Gasteiger partial charge is 0.309 e. The Labute approximate surface area is 132 Å². The lowest BCUT2D eigenvalue weighted by Gasteiger charge is -2.19. The fraction of sp³-hybridized carbons (Fsp3) is 0.529. The molecule has 114 valence electrons. The maximum Gasteiger partial charge on any atom is 0.0829 e. The van der Waals surface area contributed by atoms with E-state index in [1.54, 1.807) is 0 Å². The molecule has 3 nitrogen and oxygen atoms in total. The molecule has 1 aromatic heterocycles. The Morgan fingerprint density at radius 1 is 1.29 bits per heavy atom. The summed E-state index contributed by atoms with van der Waals surface area (Å²) in [6, 6.07) is 9.06. The summed E-state index contributed by atoms with van der Waals surface area (Å²) in [6.45, 7) is 9.73. The average molecular weight is 303 g/mol. The Morgan fingerprint density at radius 3 is 2.76 bits per heavy atom. The van der Waals surface area contributed by atoms with Crippen LogP contribution in [0, 0.1) is 6.92 Å². The van der Waals surface area contributed by atoms with Gasteiger partial charge in [-0.1, -0.05) is 55.1 Å². The van der Waals surface area contributed by atoms with Gasteiger partial charge in [0.15, 0.2) is 0 Å². The number of benzene rings is 1. The number of aryl methyl sites for hydroxylation is 1. The van der Waals surface area contributed by atoms with Crippen LogP contribution in [0.25, 0.3) is 0 Å². The van der Waals surface area contributed by atoms with E-state index in [4.69, 9.17) is 0 Å². The maximum absolute atomic E-state index is 4.33. The third-order valence-corrected chi connectivity index (χ3v) is 4.42. The van der Waals surface area contributed by atoms with Crippen LogP contribution < -0.4 is 5.32 Å². The van der Waals surface area contributed by atoms with Gasteiger partial charge in [0.25, 0.3) is 0 Å². The zero-order valence-electron chi connectivity index (χ0n) is 13.4. The van der Waals surface area contributed by atoms with Crippen molar-refractivity contribution in [2.24, 2.45) is 0 Å². The predicted octanol–water partition coefficient (Wildman–Crippen LogP) is 4.25. The summed E-state index contributed by atoms with van der Waals surface area (Å²) in [7, 11) is 0. The highest BCUT2D eigenvalue weighted by Gasteiger charge is 2.21. The van der Waals surface area contributed by atoms with E-state index < -0.39 is 0 Å². The molecule has 0 amide bonds. The molecule has 0 fully saturated rings. The maximum atomic E-state index is 4.33. The van der Waals surface area contributed by atoms with E-state index in [1.807, 2.05) is 0 Å². The van der Waals surface area contributed by atoms with Gasteiger partial charge in [0, 0.05) is 6.04 Å². The van der Waals surface area contributed by atoms with Crippen molar-refractivity contribution in [1.29, 1.82) is 0 Å². The van der Waals surface area contributed by atoms with Crippen molar-refractivity contribution in [3.63, 3.8) is 0 Å². The van der Waals surface area contributed by atoms with Crippen LogP contribution in [0.5, 0.6) is 0 Å². The molecule has 1 heterocycles. The second-order valence-corrected chi connectivity index (χ2v) is 6.66. The molecule has 1 unspecified atom stereocenters. The zero-order valence-corrected chi connectivity index (χ0v) is 14.2. The minimum absolute atomic E-state index is 0.309. The number of nitrogens with one attached hydrogen (secondary N) is 1. The number of hydrogen-bond acceptors (Lipinski definition) is 4. The van der Waals surface area contributed by atoms with Gasteiger partial charge in [-0.05, 0) is 49.3 Å². The summed E-state index contributed by atoms with van der Waals surface area (Å²) in [5.41, 5.74) is 3.82. The van der Waals surface area contributed by atoms with E-state index in [-0.39, 0.29) is 0 Å². The molecular weight excluding hydrogens is 278 g/mol. The first-order valence-corrected chi connectivity index (χ1v) is 8.50. The molecule has 1 aromatic carbocycles. The summed E-state index contributed by atoms with van der Waals surface area (Å²) in [5, 5.41) is 8.00. The topological polar surface area (TPSA) is 37.8 Å². The van der Waals surface area contributed by atoms with Crippen molar-refractivity contribution in [2.45, 2.75) is 52.5 Å². The van der Waals surface area contributed by atoms with Gasteiger partial charge < -0.3 is 5.32 Å². The van der Waals surface area contributed by atoms with Gasteiger partial charge >= 0.3 is 0 Å². The van der Waals surface area contributed by atoms with Gasteiger partial charge in [-0.2, -0.15) is 0 Å². The first-order chi connectivity index (χ1) is 10.1. The Bertz CT molecular complexity index is 563. The molecular formula is C17H25N3S. The number of aromatic nitrogens is 2. The first kappa shape index (κ1) is 16.1. The molecule has 0 radical (unpaired) electrons. The van der Waals surface area contributed by atoms with Crippen molar-refractivity contribution >= 4 is 11.5 Å². The Morgan fingerprint density at radius 2 is 2.10 bits per heavy atom. The third kappa shape index (κ3) is 4.35. The Hall–Kier alpha value is -1.26. The highest BCUT2D eigenvalue weighted by Crippen LogP contribution is 2.28. The first-order valence-electron chi connectivity index (χ1n) is 7.72. The number of nitrogens with zero attached hydrogens (tertiary/aromatic N) is 2. The van der Waals surface area contributed by atoms with E-state index in [0.717, 1.165) is 25.1 Å². The van der Waals surface area contributed by atoms with E-state index in [0.29, 0.717) is 12.0 Å². The fourth-order valence-electron chi connectivity index (χ4n) is 2.50. The Kier molecular flexibility index (Phi) is 5.88. The summed E-state index contributed by atoms with van der Waals surface area (Å²) in [5.74, 6) is 0.419. The fourth-order valence-corrected chi connectivity index (χ4v) is 3.38. The molecule has 0 aliphatic rings. The minimum Gasteiger partial charge on any atom is -0.309 e. The van der Waals surface area contributed by atoms with Crippen molar-refractivity contribution in [1.82, 2.24) is 14.9 Å². The van der Waals surface area contributed by atoms with Crippen molar-refractivity contribution < 1.29 is 0 Å². The van der Waals surface area contributed by atoms with Gasteiger partial charge in [-0.3, -0.25) is 0 Å². The lowest BCUT2D eigenvalue weighted by Crippen LogP contribution is -2.24. The molecule has 2 rings (SSSR count). The molecule has 0 aliphatic heterocycles. The molecule has 21 heavy (non-hydrogen) atoms. The predicted molar refractivity (Wildman–Crippen MR) is 89.9 cm³/mol. The van der Waals surface area contributed by atoms with Crippen molar-refractivity contribution in [3.8, 4) is 0 Å². The molecule has 0 aliphatic carbocycles. The van der Waals surface area contributed by atoms with Crippen molar-refractivity contribution in [2.75, 3.05) is 6.54 Å².